The molecule has 2 nitrogen and oxygen atoms in total. The second-order valence-corrected chi connectivity index (χ2v) is 0.986. The Morgan fingerprint density at radius 3 is 1.43 bits per heavy atom. The van der Waals surface area contributed by atoms with Crippen molar-refractivity contribution in [1.82, 2.24) is 0 Å². The second-order valence-electron chi connectivity index (χ2n) is 0.986. The summed E-state index contributed by atoms with van der Waals surface area (Å²) in [5.41, 5.74) is 0. The Morgan fingerprint density at radius 1 is 1.00 bits per heavy atom. The fraction of sp³-hybridized carbons (Fsp3) is 1.00. The first-order chi connectivity index (χ1) is 2.91. The summed E-state index contributed by atoms with van der Waals surface area (Å²) in [6, 6.07) is 0. The van der Waals surface area contributed by atoms with E-state index in [0.717, 1.165) is 0 Å². The molecule has 0 saturated heterocycles. The Hall–Kier alpha value is 0.543. The number of hydrogen-bond donors (Lipinski definition) is 0. The summed E-state index contributed by atoms with van der Waals surface area (Å²) >= 11 is 0. The summed E-state index contributed by atoms with van der Waals surface area (Å²) in [7, 11) is 3.30. The molecule has 0 aliphatic carbocycles. The van der Waals surface area contributed by atoms with Crippen molar-refractivity contribution in [2.45, 2.75) is 0 Å². The molecule has 0 fully saturated rings. The van der Waals surface area contributed by atoms with Crippen LogP contribution in [0.5, 0.6) is 0 Å². The van der Waals surface area contributed by atoms with E-state index in [1.165, 1.54) is 0 Å². The molecule has 0 saturated carbocycles. The van der Waals surface area contributed by atoms with Gasteiger partial charge in [-0.25, -0.2) is 0 Å². The first kappa shape index (κ1) is 10.5. The van der Waals surface area contributed by atoms with Crippen molar-refractivity contribution in [3.05, 3.63) is 0 Å². The van der Waals surface area contributed by atoms with Crippen LogP contribution >= 0.6 is 0 Å². The fourth-order valence-electron chi connectivity index (χ4n) is 0.167. The van der Waals surface area contributed by atoms with Crippen LogP contribution in [-0.2, 0) is 29.0 Å². The first-order valence-corrected chi connectivity index (χ1v) is 1.89. The van der Waals surface area contributed by atoms with Crippen LogP contribution in [0.2, 0.25) is 0 Å². The summed E-state index contributed by atoms with van der Waals surface area (Å²) in [4.78, 5) is 0. The quantitative estimate of drug-likeness (QED) is 0.431. The third-order valence-electron chi connectivity index (χ3n) is 0.492. The molecular weight excluding hydrogens is 145 g/mol. The summed E-state index contributed by atoms with van der Waals surface area (Å²) < 4.78 is 9.31. The van der Waals surface area contributed by atoms with E-state index in [2.05, 4.69) is 9.47 Å². The third-order valence-corrected chi connectivity index (χ3v) is 0.492. The molecule has 0 bridgehead atoms. The summed E-state index contributed by atoms with van der Waals surface area (Å²) in [6.45, 7) is 1.38. The van der Waals surface area contributed by atoms with Gasteiger partial charge in [-0.2, -0.15) is 0 Å². The predicted molar refractivity (Wildman–Crippen MR) is 23.8 cm³/mol. The van der Waals surface area contributed by atoms with E-state index >= 15 is 0 Å². The maximum atomic E-state index is 4.66. The SMILES string of the molecule is COCCOC.[Zn]. The zero-order valence-electron chi connectivity index (χ0n) is 4.94. The maximum Gasteiger partial charge on any atom is 0.0696 e. The van der Waals surface area contributed by atoms with Crippen molar-refractivity contribution < 1.29 is 29.0 Å². The standard InChI is InChI=1S/C4H10O2.Zn/c1-5-3-4-6-2;/h3-4H2,1-2H3;. The molecule has 0 amide bonds. The Kier molecular flexibility index (Phi) is 14.6. The predicted octanol–water partition coefficient (Wildman–Crippen LogP) is 0.277. The van der Waals surface area contributed by atoms with E-state index in [-0.39, 0.29) is 19.5 Å². The van der Waals surface area contributed by atoms with Gasteiger partial charge in [0.1, 0.15) is 0 Å². The Labute approximate surface area is 56.9 Å². The monoisotopic (exact) mass is 154 g/mol. The van der Waals surface area contributed by atoms with E-state index in [1.807, 2.05) is 0 Å². The van der Waals surface area contributed by atoms with Crippen LogP contribution in [-0.4, -0.2) is 27.4 Å². The van der Waals surface area contributed by atoms with Gasteiger partial charge in [-0.15, -0.1) is 0 Å². The van der Waals surface area contributed by atoms with Crippen molar-refractivity contribution in [2.75, 3.05) is 27.4 Å². The smallest absolute Gasteiger partial charge is 0.0696 e. The molecule has 40 valence electrons. The molecule has 0 spiro atoms. The number of methoxy groups -OCH3 is 2. The van der Waals surface area contributed by atoms with Gasteiger partial charge in [0.15, 0.2) is 0 Å². The van der Waals surface area contributed by atoms with Crippen molar-refractivity contribution in [3.8, 4) is 0 Å². The number of hydrogen-bond acceptors (Lipinski definition) is 2. The maximum absolute atomic E-state index is 4.66. The van der Waals surface area contributed by atoms with Crippen molar-refractivity contribution in [2.24, 2.45) is 0 Å². The number of ether oxygens (including phenoxy) is 2. The molecule has 0 aromatic heterocycles. The van der Waals surface area contributed by atoms with Gasteiger partial charge in [-0.05, 0) is 0 Å². The van der Waals surface area contributed by atoms with Gasteiger partial charge < -0.3 is 9.47 Å². The van der Waals surface area contributed by atoms with E-state index in [4.69, 9.17) is 0 Å². The average Bonchev–Trinajstić information content (AvgIpc) is 1.61. The molecule has 3 heteroatoms. The molecular formula is C4H10O2Zn. The third kappa shape index (κ3) is 10.8. The van der Waals surface area contributed by atoms with E-state index in [9.17, 15) is 0 Å². The van der Waals surface area contributed by atoms with Crippen LogP contribution < -0.4 is 0 Å². The summed E-state index contributed by atoms with van der Waals surface area (Å²) in [6.07, 6.45) is 0. The van der Waals surface area contributed by atoms with Gasteiger partial charge in [0.2, 0.25) is 0 Å². The van der Waals surface area contributed by atoms with Crippen molar-refractivity contribution in [3.63, 3.8) is 0 Å². The Bertz CT molecular complexity index is 21.7. The largest absolute Gasteiger partial charge is 0.382 e. The van der Waals surface area contributed by atoms with Gasteiger partial charge in [0, 0.05) is 33.7 Å². The molecule has 0 N–H and O–H groups in total. The first-order valence-electron chi connectivity index (χ1n) is 1.89. The van der Waals surface area contributed by atoms with Crippen molar-refractivity contribution in [1.29, 1.82) is 0 Å². The van der Waals surface area contributed by atoms with Gasteiger partial charge in [-0.3, -0.25) is 0 Å². The molecule has 0 aromatic carbocycles. The summed E-state index contributed by atoms with van der Waals surface area (Å²) in [5.74, 6) is 0. The van der Waals surface area contributed by atoms with Crippen LogP contribution in [0.3, 0.4) is 0 Å². The van der Waals surface area contributed by atoms with E-state index < -0.39 is 0 Å². The van der Waals surface area contributed by atoms with Gasteiger partial charge >= 0.3 is 0 Å². The topological polar surface area (TPSA) is 18.5 Å². The minimum absolute atomic E-state index is 0. The van der Waals surface area contributed by atoms with Crippen molar-refractivity contribution >= 4 is 0 Å². The fourth-order valence-corrected chi connectivity index (χ4v) is 0.167. The van der Waals surface area contributed by atoms with Crippen LogP contribution in [0, 0.1) is 0 Å². The van der Waals surface area contributed by atoms with Gasteiger partial charge in [0.25, 0.3) is 0 Å². The molecule has 7 heavy (non-hydrogen) atoms. The van der Waals surface area contributed by atoms with Gasteiger partial charge in [0.05, 0.1) is 13.2 Å². The molecule has 0 aliphatic heterocycles. The molecule has 0 aliphatic rings. The molecule has 0 unspecified atom stereocenters. The normalized spacial score (nSPS) is 7.71. The van der Waals surface area contributed by atoms with Crippen LogP contribution in [0.15, 0.2) is 0 Å². The van der Waals surface area contributed by atoms with E-state index in [1.54, 1.807) is 14.2 Å². The molecule has 0 aromatic rings. The zero-order chi connectivity index (χ0) is 4.83. The minimum Gasteiger partial charge on any atom is -0.382 e. The van der Waals surface area contributed by atoms with Crippen LogP contribution in [0.25, 0.3) is 0 Å². The molecule has 0 heterocycles. The summed E-state index contributed by atoms with van der Waals surface area (Å²) in [5, 5.41) is 0. The average molecular weight is 156 g/mol. The Balaban J connectivity index is 0. The minimum atomic E-state index is 0. The number of rotatable bonds is 3. The second kappa shape index (κ2) is 9.74. The Morgan fingerprint density at radius 2 is 1.29 bits per heavy atom. The molecule has 0 radical (unpaired) electrons. The van der Waals surface area contributed by atoms with Crippen LogP contribution in [0.1, 0.15) is 0 Å². The molecule has 0 atom stereocenters. The van der Waals surface area contributed by atoms with E-state index in [0.29, 0.717) is 13.2 Å². The van der Waals surface area contributed by atoms with Crippen LogP contribution in [0.4, 0.5) is 0 Å². The van der Waals surface area contributed by atoms with Gasteiger partial charge in [-0.1, -0.05) is 0 Å². The zero-order valence-corrected chi connectivity index (χ0v) is 7.90. The molecule has 0 rings (SSSR count).